The summed E-state index contributed by atoms with van der Waals surface area (Å²) in [5.74, 6) is -0.937. The van der Waals surface area contributed by atoms with Crippen LogP contribution in [-0.2, 0) is 14.3 Å². The van der Waals surface area contributed by atoms with E-state index in [2.05, 4.69) is 10.2 Å². The minimum Gasteiger partial charge on any atom is -0.452 e. The normalized spacial score (nSPS) is 17.2. The molecule has 2 aliphatic rings. The summed E-state index contributed by atoms with van der Waals surface area (Å²) in [6, 6.07) is 14.2. The second-order valence-electron chi connectivity index (χ2n) is 7.84. The SMILES string of the molecule is CC(C)N(C(=O)COC(=O)c1ccc2c(c1)NC(=O)[C@H]1CCCN21)c1ccccc1. The molecule has 2 aliphatic heterocycles. The maximum absolute atomic E-state index is 12.7. The molecule has 1 fully saturated rings. The van der Waals surface area contributed by atoms with Gasteiger partial charge in [-0.25, -0.2) is 4.79 Å². The van der Waals surface area contributed by atoms with Crippen LogP contribution in [0, 0.1) is 0 Å². The molecule has 0 unspecified atom stereocenters. The zero-order valence-electron chi connectivity index (χ0n) is 17.1. The lowest BCUT2D eigenvalue weighted by atomic mass is 10.1. The third-order valence-electron chi connectivity index (χ3n) is 5.50. The molecule has 0 saturated carbocycles. The second-order valence-corrected chi connectivity index (χ2v) is 7.84. The van der Waals surface area contributed by atoms with Crippen LogP contribution in [0.5, 0.6) is 0 Å². The highest BCUT2D eigenvalue weighted by molar-refractivity contribution is 6.05. The molecule has 0 spiro atoms. The summed E-state index contributed by atoms with van der Waals surface area (Å²) in [6.45, 7) is 4.28. The van der Waals surface area contributed by atoms with E-state index in [0.29, 0.717) is 11.3 Å². The zero-order valence-corrected chi connectivity index (χ0v) is 17.1. The standard InChI is InChI=1S/C23H25N3O4/c1-15(2)26(17-7-4-3-5-8-17)21(27)14-30-23(29)16-10-11-19-18(13-16)24-22(28)20-9-6-12-25(19)20/h3-5,7-8,10-11,13,15,20H,6,9,12,14H2,1-2H3,(H,24,28)/t20-/m1/s1. The molecule has 7 nitrogen and oxygen atoms in total. The number of anilines is 3. The molecule has 2 aromatic rings. The molecular weight excluding hydrogens is 382 g/mol. The number of esters is 1. The maximum Gasteiger partial charge on any atom is 0.338 e. The predicted octanol–water partition coefficient (Wildman–Crippen LogP) is 3.21. The number of amides is 2. The first-order valence-electron chi connectivity index (χ1n) is 10.2. The molecule has 1 N–H and O–H groups in total. The number of ether oxygens (including phenoxy) is 1. The fourth-order valence-corrected chi connectivity index (χ4v) is 4.16. The van der Waals surface area contributed by atoms with Gasteiger partial charge in [0.05, 0.1) is 16.9 Å². The van der Waals surface area contributed by atoms with Crippen LogP contribution in [0.15, 0.2) is 48.5 Å². The number of carbonyl (C=O) groups is 3. The molecule has 0 radical (unpaired) electrons. The number of rotatable bonds is 5. The Morgan fingerprint density at radius 1 is 1.20 bits per heavy atom. The Labute approximate surface area is 175 Å². The largest absolute Gasteiger partial charge is 0.452 e. The Bertz CT molecular complexity index is 974. The van der Waals surface area contributed by atoms with Crippen LogP contribution in [-0.4, -0.2) is 43.0 Å². The van der Waals surface area contributed by atoms with Gasteiger partial charge in [0.15, 0.2) is 6.61 Å². The van der Waals surface area contributed by atoms with E-state index in [9.17, 15) is 14.4 Å². The van der Waals surface area contributed by atoms with Crippen molar-refractivity contribution in [2.24, 2.45) is 0 Å². The quantitative estimate of drug-likeness (QED) is 0.770. The molecule has 1 atom stereocenters. The van der Waals surface area contributed by atoms with Crippen molar-refractivity contribution in [2.75, 3.05) is 28.3 Å². The summed E-state index contributed by atoms with van der Waals surface area (Å²) in [7, 11) is 0. The number of hydrogen-bond donors (Lipinski definition) is 1. The summed E-state index contributed by atoms with van der Waals surface area (Å²) in [4.78, 5) is 41.2. The summed E-state index contributed by atoms with van der Waals surface area (Å²) in [5, 5.41) is 2.88. The summed E-state index contributed by atoms with van der Waals surface area (Å²) >= 11 is 0. The third kappa shape index (κ3) is 3.75. The second kappa shape index (κ2) is 8.18. The van der Waals surface area contributed by atoms with Crippen molar-refractivity contribution in [1.82, 2.24) is 0 Å². The van der Waals surface area contributed by atoms with E-state index in [0.717, 1.165) is 30.8 Å². The van der Waals surface area contributed by atoms with E-state index in [1.165, 1.54) is 0 Å². The number of fused-ring (bicyclic) bond motifs is 3. The molecule has 2 aromatic carbocycles. The van der Waals surface area contributed by atoms with Crippen molar-refractivity contribution in [3.63, 3.8) is 0 Å². The molecule has 2 amide bonds. The highest BCUT2D eigenvalue weighted by Crippen LogP contribution is 2.37. The Morgan fingerprint density at radius 2 is 1.97 bits per heavy atom. The molecule has 7 heteroatoms. The molecule has 4 rings (SSSR count). The van der Waals surface area contributed by atoms with Crippen molar-refractivity contribution in [1.29, 1.82) is 0 Å². The van der Waals surface area contributed by atoms with Gasteiger partial charge in [-0.15, -0.1) is 0 Å². The minimum atomic E-state index is -0.597. The first-order chi connectivity index (χ1) is 14.5. The van der Waals surface area contributed by atoms with Crippen molar-refractivity contribution in [3.05, 3.63) is 54.1 Å². The van der Waals surface area contributed by atoms with Gasteiger partial charge in [-0.05, 0) is 57.0 Å². The number of benzene rings is 2. The van der Waals surface area contributed by atoms with E-state index >= 15 is 0 Å². The van der Waals surface area contributed by atoms with Crippen LogP contribution in [0.3, 0.4) is 0 Å². The Morgan fingerprint density at radius 3 is 2.70 bits per heavy atom. The van der Waals surface area contributed by atoms with Gasteiger partial charge in [-0.1, -0.05) is 18.2 Å². The van der Waals surface area contributed by atoms with E-state index in [1.54, 1.807) is 17.0 Å². The first-order valence-corrected chi connectivity index (χ1v) is 10.2. The number of hydrogen-bond acceptors (Lipinski definition) is 5. The summed E-state index contributed by atoms with van der Waals surface area (Å²) in [6.07, 6.45) is 1.81. The molecule has 1 saturated heterocycles. The molecular formula is C23H25N3O4. The predicted molar refractivity (Wildman–Crippen MR) is 115 cm³/mol. The average molecular weight is 407 g/mol. The average Bonchev–Trinajstić information content (AvgIpc) is 3.23. The van der Waals surface area contributed by atoms with Crippen LogP contribution in [0.4, 0.5) is 17.1 Å². The smallest absolute Gasteiger partial charge is 0.338 e. The van der Waals surface area contributed by atoms with Crippen molar-refractivity contribution in [2.45, 2.75) is 38.8 Å². The number of nitrogens with zero attached hydrogens (tertiary/aromatic N) is 2. The first kappa shape index (κ1) is 19.9. The van der Waals surface area contributed by atoms with E-state index in [4.69, 9.17) is 4.74 Å². The van der Waals surface area contributed by atoms with Gasteiger partial charge in [0.1, 0.15) is 6.04 Å². The maximum atomic E-state index is 12.7. The molecule has 0 bridgehead atoms. The zero-order chi connectivity index (χ0) is 21.3. The van der Waals surface area contributed by atoms with Gasteiger partial charge in [0, 0.05) is 18.3 Å². The lowest BCUT2D eigenvalue weighted by molar-refractivity contribution is -0.122. The monoisotopic (exact) mass is 407 g/mol. The van der Waals surface area contributed by atoms with Crippen LogP contribution in [0.2, 0.25) is 0 Å². The van der Waals surface area contributed by atoms with Gasteiger partial charge >= 0.3 is 5.97 Å². The number of carbonyl (C=O) groups excluding carboxylic acids is 3. The van der Waals surface area contributed by atoms with Gasteiger partial charge in [0.25, 0.3) is 5.91 Å². The molecule has 156 valence electrons. The third-order valence-corrected chi connectivity index (χ3v) is 5.50. The van der Waals surface area contributed by atoms with Gasteiger partial charge in [0.2, 0.25) is 5.91 Å². The fourth-order valence-electron chi connectivity index (χ4n) is 4.16. The van der Waals surface area contributed by atoms with Gasteiger partial charge in [-0.2, -0.15) is 0 Å². The van der Waals surface area contributed by atoms with Crippen LogP contribution in [0.1, 0.15) is 37.0 Å². The van der Waals surface area contributed by atoms with Crippen LogP contribution >= 0.6 is 0 Å². The van der Waals surface area contributed by atoms with Crippen molar-refractivity contribution >= 4 is 34.8 Å². The lowest BCUT2D eigenvalue weighted by Crippen LogP contribution is -2.44. The van der Waals surface area contributed by atoms with Crippen LogP contribution in [0.25, 0.3) is 0 Å². The van der Waals surface area contributed by atoms with Gasteiger partial charge < -0.3 is 19.9 Å². The Balaban J connectivity index is 1.45. The van der Waals surface area contributed by atoms with Gasteiger partial charge in [-0.3, -0.25) is 9.59 Å². The van der Waals surface area contributed by atoms with E-state index < -0.39 is 5.97 Å². The topological polar surface area (TPSA) is 79.0 Å². The Hall–Kier alpha value is -3.35. The molecule has 0 aromatic heterocycles. The lowest BCUT2D eigenvalue weighted by Gasteiger charge is -2.33. The van der Waals surface area contributed by atoms with E-state index in [-0.39, 0.29) is 30.5 Å². The fraction of sp³-hybridized carbons (Fsp3) is 0.348. The van der Waals surface area contributed by atoms with Crippen LogP contribution < -0.4 is 15.1 Å². The molecule has 0 aliphatic carbocycles. The van der Waals surface area contributed by atoms with E-state index in [1.807, 2.05) is 50.2 Å². The summed E-state index contributed by atoms with van der Waals surface area (Å²) < 4.78 is 5.29. The Kier molecular flexibility index (Phi) is 5.44. The molecule has 30 heavy (non-hydrogen) atoms. The summed E-state index contributed by atoms with van der Waals surface area (Å²) in [5.41, 5.74) is 2.58. The number of para-hydroxylation sites is 1. The highest BCUT2D eigenvalue weighted by Gasteiger charge is 2.36. The highest BCUT2D eigenvalue weighted by atomic mass is 16.5. The molecule has 2 heterocycles. The van der Waals surface area contributed by atoms with Crippen molar-refractivity contribution < 1.29 is 19.1 Å². The minimum absolute atomic E-state index is 0.0452. The van der Waals surface area contributed by atoms with Crippen molar-refractivity contribution in [3.8, 4) is 0 Å². The number of nitrogens with one attached hydrogen (secondary N) is 1.